The average Bonchev–Trinajstić information content (AvgIpc) is 3.05. The van der Waals surface area contributed by atoms with E-state index in [1.165, 1.54) is 0 Å². The summed E-state index contributed by atoms with van der Waals surface area (Å²) in [5.74, 6) is 2.20. The molecular formula is C19H16N4O. The first-order valence-electron chi connectivity index (χ1n) is 7.72. The molecule has 4 aromatic rings. The maximum atomic E-state index is 5.19. The molecule has 118 valence electrons. The largest absolute Gasteiger partial charge is 0.497 e. The molecule has 2 aromatic carbocycles. The van der Waals surface area contributed by atoms with E-state index >= 15 is 0 Å². The smallest absolute Gasteiger partial charge is 0.252 e. The Labute approximate surface area is 139 Å². The van der Waals surface area contributed by atoms with Crippen molar-refractivity contribution in [1.82, 2.24) is 19.6 Å². The van der Waals surface area contributed by atoms with E-state index in [4.69, 9.17) is 4.74 Å². The molecule has 4 rings (SSSR count). The summed E-state index contributed by atoms with van der Waals surface area (Å²) in [4.78, 5) is 8.87. The minimum absolute atomic E-state index is 0.611. The summed E-state index contributed by atoms with van der Waals surface area (Å²) in [6, 6.07) is 20.0. The van der Waals surface area contributed by atoms with Gasteiger partial charge in [0.25, 0.3) is 5.78 Å². The number of rotatable bonds is 4. The van der Waals surface area contributed by atoms with Crippen molar-refractivity contribution >= 4 is 5.78 Å². The summed E-state index contributed by atoms with van der Waals surface area (Å²) >= 11 is 0. The van der Waals surface area contributed by atoms with E-state index in [1.807, 2.05) is 48.5 Å². The average molecular weight is 316 g/mol. The zero-order valence-electron chi connectivity index (χ0n) is 13.3. The molecule has 0 aliphatic rings. The van der Waals surface area contributed by atoms with Crippen LogP contribution in [0.25, 0.3) is 17.0 Å². The first kappa shape index (κ1) is 14.4. The van der Waals surface area contributed by atoms with E-state index in [-0.39, 0.29) is 0 Å². The third-order valence-corrected chi connectivity index (χ3v) is 3.88. The molecule has 0 spiro atoms. The molecule has 2 heterocycles. The lowest BCUT2D eigenvalue weighted by Crippen LogP contribution is -1.96. The second kappa shape index (κ2) is 6.12. The van der Waals surface area contributed by atoms with E-state index in [9.17, 15) is 0 Å². The molecule has 24 heavy (non-hydrogen) atoms. The van der Waals surface area contributed by atoms with Gasteiger partial charge in [-0.05, 0) is 23.8 Å². The number of hydrogen-bond donors (Lipinski definition) is 0. The molecule has 0 amide bonds. The molecule has 0 atom stereocenters. The minimum atomic E-state index is 0.611. The van der Waals surface area contributed by atoms with Gasteiger partial charge in [-0.15, -0.1) is 5.10 Å². The Bertz CT molecular complexity index is 962. The Balaban J connectivity index is 1.70. The highest BCUT2D eigenvalue weighted by atomic mass is 16.5. The van der Waals surface area contributed by atoms with Crippen LogP contribution in [-0.2, 0) is 6.42 Å². The quantitative estimate of drug-likeness (QED) is 0.579. The SMILES string of the molecule is COc1ccc(Cc2nc3nccc(-c4ccccc4)n3n2)cc1. The second-order valence-corrected chi connectivity index (χ2v) is 5.46. The van der Waals surface area contributed by atoms with Crippen LogP contribution in [0, 0.1) is 0 Å². The Kier molecular flexibility index (Phi) is 3.67. The fraction of sp³-hybridized carbons (Fsp3) is 0.105. The number of nitrogens with zero attached hydrogens (tertiary/aromatic N) is 4. The van der Waals surface area contributed by atoms with E-state index in [0.29, 0.717) is 12.2 Å². The van der Waals surface area contributed by atoms with E-state index in [1.54, 1.807) is 17.8 Å². The normalized spacial score (nSPS) is 10.9. The third-order valence-electron chi connectivity index (χ3n) is 3.88. The summed E-state index contributed by atoms with van der Waals surface area (Å²) in [5, 5.41) is 4.64. The summed E-state index contributed by atoms with van der Waals surface area (Å²) < 4.78 is 6.99. The van der Waals surface area contributed by atoms with Gasteiger partial charge in [0.1, 0.15) is 5.75 Å². The van der Waals surface area contributed by atoms with Crippen molar-refractivity contribution in [2.24, 2.45) is 0 Å². The molecule has 0 fully saturated rings. The third kappa shape index (κ3) is 2.72. The minimum Gasteiger partial charge on any atom is -0.497 e. The van der Waals surface area contributed by atoms with Gasteiger partial charge in [-0.3, -0.25) is 0 Å². The summed E-state index contributed by atoms with van der Waals surface area (Å²) in [5.41, 5.74) is 3.20. The predicted octanol–water partition coefficient (Wildman–Crippen LogP) is 3.39. The van der Waals surface area contributed by atoms with Crippen molar-refractivity contribution < 1.29 is 4.74 Å². The fourth-order valence-corrected chi connectivity index (χ4v) is 2.66. The summed E-state index contributed by atoms with van der Waals surface area (Å²) in [6.07, 6.45) is 2.42. The highest BCUT2D eigenvalue weighted by molar-refractivity contribution is 5.61. The fourth-order valence-electron chi connectivity index (χ4n) is 2.66. The maximum absolute atomic E-state index is 5.19. The van der Waals surface area contributed by atoms with Gasteiger partial charge < -0.3 is 4.74 Å². The van der Waals surface area contributed by atoms with Crippen LogP contribution in [-0.4, -0.2) is 26.7 Å². The Hall–Kier alpha value is -3.21. The lowest BCUT2D eigenvalue weighted by atomic mass is 10.1. The van der Waals surface area contributed by atoms with Gasteiger partial charge in [0.15, 0.2) is 5.82 Å². The van der Waals surface area contributed by atoms with Gasteiger partial charge in [0.05, 0.1) is 12.8 Å². The molecule has 0 aliphatic heterocycles. The van der Waals surface area contributed by atoms with Crippen LogP contribution in [0.4, 0.5) is 0 Å². The monoisotopic (exact) mass is 316 g/mol. The Morgan fingerprint density at radius 2 is 1.75 bits per heavy atom. The number of hydrogen-bond acceptors (Lipinski definition) is 4. The van der Waals surface area contributed by atoms with Gasteiger partial charge in [-0.1, -0.05) is 42.5 Å². The lowest BCUT2D eigenvalue weighted by molar-refractivity contribution is 0.414. The number of aromatic nitrogens is 4. The van der Waals surface area contributed by atoms with Crippen LogP contribution in [0.5, 0.6) is 5.75 Å². The molecule has 0 saturated heterocycles. The van der Waals surface area contributed by atoms with Crippen LogP contribution in [0.1, 0.15) is 11.4 Å². The van der Waals surface area contributed by atoms with Crippen molar-refractivity contribution in [3.05, 3.63) is 78.2 Å². The van der Waals surface area contributed by atoms with Gasteiger partial charge in [-0.25, -0.2) is 4.98 Å². The van der Waals surface area contributed by atoms with E-state index < -0.39 is 0 Å². The first-order valence-corrected chi connectivity index (χ1v) is 7.72. The number of fused-ring (bicyclic) bond motifs is 1. The van der Waals surface area contributed by atoms with Gasteiger partial charge in [-0.2, -0.15) is 9.50 Å². The lowest BCUT2D eigenvalue weighted by Gasteiger charge is -2.02. The first-order chi connectivity index (χ1) is 11.8. The summed E-state index contributed by atoms with van der Waals surface area (Å²) in [7, 11) is 1.66. The number of methoxy groups -OCH3 is 1. The number of benzene rings is 2. The highest BCUT2D eigenvalue weighted by Crippen LogP contribution is 2.19. The van der Waals surface area contributed by atoms with Crippen LogP contribution in [0.3, 0.4) is 0 Å². The van der Waals surface area contributed by atoms with Crippen LogP contribution >= 0.6 is 0 Å². The second-order valence-electron chi connectivity index (χ2n) is 5.46. The van der Waals surface area contributed by atoms with Crippen LogP contribution in [0.15, 0.2) is 66.9 Å². The van der Waals surface area contributed by atoms with E-state index in [0.717, 1.165) is 28.4 Å². The van der Waals surface area contributed by atoms with Crippen LogP contribution in [0.2, 0.25) is 0 Å². The zero-order valence-corrected chi connectivity index (χ0v) is 13.3. The number of ether oxygens (including phenoxy) is 1. The molecule has 0 unspecified atom stereocenters. The molecule has 5 nitrogen and oxygen atoms in total. The molecule has 0 bridgehead atoms. The van der Waals surface area contributed by atoms with Gasteiger partial charge in [0, 0.05) is 18.2 Å². The van der Waals surface area contributed by atoms with Crippen LogP contribution < -0.4 is 4.74 Å². The topological polar surface area (TPSA) is 52.3 Å². The van der Waals surface area contributed by atoms with Crippen molar-refractivity contribution in [3.63, 3.8) is 0 Å². The predicted molar refractivity (Wildman–Crippen MR) is 92.0 cm³/mol. The van der Waals surface area contributed by atoms with Crippen molar-refractivity contribution in [2.45, 2.75) is 6.42 Å². The molecular weight excluding hydrogens is 300 g/mol. The van der Waals surface area contributed by atoms with Crippen molar-refractivity contribution in [2.75, 3.05) is 7.11 Å². The zero-order chi connectivity index (χ0) is 16.4. The maximum Gasteiger partial charge on any atom is 0.252 e. The molecule has 2 aromatic heterocycles. The molecule has 0 saturated carbocycles. The molecule has 0 radical (unpaired) electrons. The standard InChI is InChI=1S/C19H16N4O/c1-24-16-9-7-14(8-10-16)13-18-21-19-20-12-11-17(23(19)22-18)15-5-3-2-4-6-15/h2-12H,13H2,1H3. The molecule has 0 aliphatic carbocycles. The van der Waals surface area contributed by atoms with Gasteiger partial charge >= 0.3 is 0 Å². The summed E-state index contributed by atoms with van der Waals surface area (Å²) in [6.45, 7) is 0. The highest BCUT2D eigenvalue weighted by Gasteiger charge is 2.10. The van der Waals surface area contributed by atoms with Crippen molar-refractivity contribution in [3.8, 4) is 17.0 Å². The Morgan fingerprint density at radius 3 is 2.50 bits per heavy atom. The van der Waals surface area contributed by atoms with Gasteiger partial charge in [0.2, 0.25) is 0 Å². The van der Waals surface area contributed by atoms with E-state index in [2.05, 4.69) is 27.2 Å². The van der Waals surface area contributed by atoms with Crippen molar-refractivity contribution in [1.29, 1.82) is 0 Å². The molecule has 0 N–H and O–H groups in total. The molecule has 5 heteroatoms. The Morgan fingerprint density at radius 1 is 0.958 bits per heavy atom.